The minimum absolute atomic E-state index is 0.135. The van der Waals surface area contributed by atoms with E-state index in [0.717, 1.165) is 29.8 Å². The second kappa shape index (κ2) is 8.45. The van der Waals surface area contributed by atoms with Crippen molar-refractivity contribution in [3.63, 3.8) is 0 Å². The fourth-order valence-corrected chi connectivity index (χ4v) is 3.26. The number of carbonyl (C=O) groups is 2. The monoisotopic (exact) mass is 380 g/mol. The molecule has 4 rings (SSSR count). The van der Waals surface area contributed by atoms with Crippen LogP contribution in [0.5, 0.6) is 0 Å². The van der Waals surface area contributed by atoms with Crippen molar-refractivity contribution in [2.24, 2.45) is 0 Å². The van der Waals surface area contributed by atoms with E-state index in [1.165, 1.54) is 0 Å². The van der Waals surface area contributed by atoms with Crippen LogP contribution in [0.25, 0.3) is 0 Å². The number of amides is 2. The van der Waals surface area contributed by atoms with E-state index in [1.54, 1.807) is 17.0 Å². The zero-order valence-electron chi connectivity index (χ0n) is 15.9. The summed E-state index contributed by atoms with van der Waals surface area (Å²) in [7, 11) is 0. The Morgan fingerprint density at radius 3 is 2.31 bits per heavy atom. The van der Waals surface area contributed by atoms with Crippen LogP contribution < -0.4 is 10.2 Å². The lowest BCUT2D eigenvalue weighted by Crippen LogP contribution is -2.23. The number of carbonyl (C=O) groups excluding carboxylic acids is 2. The van der Waals surface area contributed by atoms with Crippen LogP contribution in [0.1, 0.15) is 34.3 Å². The van der Waals surface area contributed by atoms with Gasteiger partial charge in [0.1, 0.15) is 0 Å². The third kappa shape index (κ3) is 4.53. The minimum atomic E-state index is -0.197. The molecular weight excluding hydrogens is 360 g/mol. The van der Waals surface area contributed by atoms with Crippen molar-refractivity contribution in [1.29, 1.82) is 0 Å². The van der Waals surface area contributed by atoms with Crippen LogP contribution in [-0.4, -0.2) is 18.4 Å². The highest BCUT2D eigenvalue weighted by Crippen LogP contribution is 2.22. The second-order valence-electron chi connectivity index (χ2n) is 6.85. The molecule has 1 heterocycles. The fraction of sp³-hybridized carbons (Fsp3) is 0.120. The number of benzene rings is 3. The Morgan fingerprint density at radius 1 is 0.862 bits per heavy atom. The lowest BCUT2D eigenvalue weighted by atomic mass is 10.1. The highest BCUT2D eigenvalue weighted by molar-refractivity contribution is 6.05. The molecule has 1 aliphatic heterocycles. The molecule has 0 spiro atoms. The lowest BCUT2D eigenvalue weighted by molar-refractivity contribution is -0.117. The van der Waals surface area contributed by atoms with Gasteiger partial charge in [-0.2, -0.15) is 0 Å². The summed E-state index contributed by atoms with van der Waals surface area (Å²) in [5.41, 5.74) is 3.84. The first-order valence-corrected chi connectivity index (χ1v) is 9.58. The summed E-state index contributed by atoms with van der Waals surface area (Å²) in [5.74, 6) is 6.17. The molecule has 0 bridgehead atoms. The van der Waals surface area contributed by atoms with Gasteiger partial charge in [0, 0.05) is 41.0 Å². The number of anilines is 2. The molecule has 1 fully saturated rings. The molecule has 0 aromatic heterocycles. The maximum atomic E-state index is 12.6. The quantitative estimate of drug-likeness (QED) is 0.682. The number of rotatable bonds is 3. The first-order chi connectivity index (χ1) is 14.2. The molecular formula is C25H20N2O2. The van der Waals surface area contributed by atoms with Crippen LogP contribution in [-0.2, 0) is 4.79 Å². The molecule has 0 aliphatic carbocycles. The third-order valence-electron chi connectivity index (χ3n) is 4.76. The molecule has 4 heteroatoms. The Bertz CT molecular complexity index is 1090. The Labute approximate surface area is 170 Å². The molecule has 4 nitrogen and oxygen atoms in total. The van der Waals surface area contributed by atoms with Gasteiger partial charge in [-0.05, 0) is 61.0 Å². The van der Waals surface area contributed by atoms with Crippen LogP contribution in [0.15, 0.2) is 78.9 Å². The van der Waals surface area contributed by atoms with E-state index >= 15 is 0 Å². The zero-order chi connectivity index (χ0) is 20.1. The average molecular weight is 380 g/mol. The van der Waals surface area contributed by atoms with E-state index in [2.05, 4.69) is 17.2 Å². The van der Waals surface area contributed by atoms with Gasteiger partial charge in [0.15, 0.2) is 0 Å². The van der Waals surface area contributed by atoms with Crippen molar-refractivity contribution >= 4 is 23.2 Å². The zero-order valence-corrected chi connectivity index (χ0v) is 15.9. The van der Waals surface area contributed by atoms with Crippen LogP contribution in [0.2, 0.25) is 0 Å². The lowest BCUT2D eigenvalue weighted by Gasteiger charge is -2.15. The Morgan fingerprint density at radius 2 is 1.59 bits per heavy atom. The Hall–Kier alpha value is -3.84. The van der Waals surface area contributed by atoms with Gasteiger partial charge < -0.3 is 10.2 Å². The summed E-state index contributed by atoms with van der Waals surface area (Å²) < 4.78 is 0. The molecule has 0 saturated carbocycles. The van der Waals surface area contributed by atoms with Crippen LogP contribution in [0, 0.1) is 11.8 Å². The topological polar surface area (TPSA) is 49.4 Å². The SMILES string of the molecule is O=C(Nc1cccc(C#Cc2ccccc2)c1)c1ccc(N2CCCC2=O)cc1. The van der Waals surface area contributed by atoms with Gasteiger partial charge in [0.2, 0.25) is 5.91 Å². The molecule has 3 aromatic rings. The molecule has 0 atom stereocenters. The fourth-order valence-electron chi connectivity index (χ4n) is 3.26. The summed E-state index contributed by atoms with van der Waals surface area (Å²) in [5, 5.41) is 2.91. The summed E-state index contributed by atoms with van der Waals surface area (Å²) in [6, 6.07) is 24.4. The van der Waals surface area contributed by atoms with E-state index in [-0.39, 0.29) is 11.8 Å². The van der Waals surface area contributed by atoms with Crippen molar-refractivity contribution < 1.29 is 9.59 Å². The molecule has 1 aliphatic rings. The van der Waals surface area contributed by atoms with Crippen molar-refractivity contribution in [2.75, 3.05) is 16.8 Å². The van der Waals surface area contributed by atoms with Gasteiger partial charge in [-0.1, -0.05) is 36.1 Å². The van der Waals surface area contributed by atoms with Crippen LogP contribution >= 0.6 is 0 Å². The predicted molar refractivity (Wildman–Crippen MR) is 115 cm³/mol. The highest BCUT2D eigenvalue weighted by atomic mass is 16.2. The van der Waals surface area contributed by atoms with Gasteiger partial charge in [0.25, 0.3) is 5.91 Å². The summed E-state index contributed by atoms with van der Waals surface area (Å²) >= 11 is 0. The normalized spacial score (nSPS) is 13.0. The molecule has 3 aromatic carbocycles. The number of hydrogen-bond acceptors (Lipinski definition) is 2. The molecule has 29 heavy (non-hydrogen) atoms. The van der Waals surface area contributed by atoms with E-state index in [1.807, 2.05) is 66.7 Å². The second-order valence-corrected chi connectivity index (χ2v) is 6.85. The van der Waals surface area contributed by atoms with Crippen LogP contribution in [0.3, 0.4) is 0 Å². The molecule has 1 N–H and O–H groups in total. The van der Waals surface area contributed by atoms with E-state index in [0.29, 0.717) is 17.7 Å². The Balaban J connectivity index is 1.44. The van der Waals surface area contributed by atoms with Crippen LogP contribution in [0.4, 0.5) is 11.4 Å². The maximum absolute atomic E-state index is 12.6. The average Bonchev–Trinajstić information content (AvgIpc) is 3.19. The summed E-state index contributed by atoms with van der Waals surface area (Å²) in [4.78, 5) is 26.2. The molecule has 1 saturated heterocycles. The predicted octanol–water partition coefficient (Wildman–Crippen LogP) is 4.47. The minimum Gasteiger partial charge on any atom is -0.322 e. The highest BCUT2D eigenvalue weighted by Gasteiger charge is 2.21. The van der Waals surface area contributed by atoms with Crippen molar-refractivity contribution in [3.05, 3.63) is 95.6 Å². The number of hydrogen-bond donors (Lipinski definition) is 1. The number of nitrogens with one attached hydrogen (secondary N) is 1. The molecule has 2 amide bonds. The van der Waals surface area contributed by atoms with Gasteiger partial charge in [0.05, 0.1) is 0 Å². The Kier molecular flexibility index (Phi) is 5.40. The first kappa shape index (κ1) is 18.5. The maximum Gasteiger partial charge on any atom is 0.255 e. The van der Waals surface area contributed by atoms with Gasteiger partial charge >= 0.3 is 0 Å². The third-order valence-corrected chi connectivity index (χ3v) is 4.76. The van der Waals surface area contributed by atoms with Gasteiger partial charge in [-0.3, -0.25) is 9.59 Å². The standard InChI is InChI=1S/C25H20N2O2/c28-24-10-5-17-27(24)23-15-13-21(14-16-23)25(29)26-22-9-4-8-20(18-22)12-11-19-6-2-1-3-7-19/h1-4,6-9,13-16,18H,5,10,17H2,(H,26,29). The van der Waals surface area contributed by atoms with Gasteiger partial charge in [-0.25, -0.2) is 0 Å². The molecule has 0 radical (unpaired) electrons. The van der Waals surface area contributed by atoms with Crippen molar-refractivity contribution in [1.82, 2.24) is 0 Å². The van der Waals surface area contributed by atoms with E-state index < -0.39 is 0 Å². The number of nitrogens with zero attached hydrogens (tertiary/aromatic N) is 1. The van der Waals surface area contributed by atoms with Crippen molar-refractivity contribution in [3.8, 4) is 11.8 Å². The largest absolute Gasteiger partial charge is 0.322 e. The van der Waals surface area contributed by atoms with Gasteiger partial charge in [-0.15, -0.1) is 0 Å². The molecule has 142 valence electrons. The molecule has 0 unspecified atom stereocenters. The van der Waals surface area contributed by atoms with E-state index in [4.69, 9.17) is 0 Å². The smallest absolute Gasteiger partial charge is 0.255 e. The first-order valence-electron chi connectivity index (χ1n) is 9.58. The summed E-state index contributed by atoms with van der Waals surface area (Å²) in [6.45, 7) is 0.737. The summed E-state index contributed by atoms with van der Waals surface area (Å²) in [6.07, 6.45) is 1.47. The van der Waals surface area contributed by atoms with E-state index in [9.17, 15) is 9.59 Å². The van der Waals surface area contributed by atoms with Crippen molar-refractivity contribution in [2.45, 2.75) is 12.8 Å².